The van der Waals surface area contributed by atoms with Crippen LogP contribution in [0.15, 0.2) is 66.9 Å². The Bertz CT molecular complexity index is 1480. The Morgan fingerprint density at radius 1 is 0.783 bits per heavy atom. The number of aryl methyl sites for hydroxylation is 1. The number of carbonyl (C=O) groups excluding carboxylic acids is 5. The molecule has 3 N–H and O–H groups in total. The van der Waals surface area contributed by atoms with Crippen molar-refractivity contribution in [3.63, 3.8) is 0 Å². The summed E-state index contributed by atoms with van der Waals surface area (Å²) in [6, 6.07) is 14.5. The zero-order chi connectivity index (χ0) is 33.7. The monoisotopic (exact) mass is 652 g/mol. The van der Waals surface area contributed by atoms with E-state index in [1.165, 1.54) is 45.6 Å². The van der Waals surface area contributed by atoms with Crippen LogP contribution in [0.2, 0.25) is 0 Å². The van der Waals surface area contributed by atoms with Gasteiger partial charge in [0.2, 0.25) is 11.8 Å². The van der Waals surface area contributed by atoms with Crippen LogP contribution in [0, 0.1) is 12.3 Å². The average Bonchev–Trinajstić information content (AvgIpc) is 3.49. The number of Topliss-reactive ketones (excluding diaryl/α,β-unsaturated/α-hetero) is 1. The maximum Gasteiger partial charge on any atom is 0.319 e. The van der Waals surface area contributed by atoms with Crippen LogP contribution in [0.4, 0.5) is 0 Å². The number of rotatable bonds is 17. The largest absolute Gasteiger partial charge is 0.460 e. The number of aromatic nitrogens is 1. The maximum atomic E-state index is 13.9. The highest BCUT2D eigenvalue weighted by Crippen LogP contribution is 2.23. The fourth-order valence-electron chi connectivity index (χ4n) is 4.44. The third-order valence-corrected chi connectivity index (χ3v) is 7.93. The zero-order valence-electron chi connectivity index (χ0n) is 26.5. The Balaban J connectivity index is 1.77. The van der Waals surface area contributed by atoms with E-state index in [0.717, 1.165) is 11.1 Å². The van der Waals surface area contributed by atoms with Crippen molar-refractivity contribution in [3.8, 4) is 0 Å². The van der Waals surface area contributed by atoms with Crippen LogP contribution in [0.1, 0.15) is 39.7 Å². The molecule has 0 radical (unpaired) electrons. The van der Waals surface area contributed by atoms with Crippen molar-refractivity contribution in [1.82, 2.24) is 20.9 Å². The first kappa shape index (κ1) is 36.0. The van der Waals surface area contributed by atoms with Gasteiger partial charge in [0.25, 0.3) is 5.91 Å². The molecule has 13 heteroatoms. The van der Waals surface area contributed by atoms with E-state index in [0.29, 0.717) is 9.88 Å². The number of methoxy groups -OCH3 is 2. The molecule has 0 aliphatic heterocycles. The number of nitrogens with zero attached hydrogens (tertiary/aromatic N) is 1. The van der Waals surface area contributed by atoms with E-state index < -0.39 is 53.0 Å². The van der Waals surface area contributed by atoms with Crippen molar-refractivity contribution in [3.05, 3.63) is 87.9 Å². The molecular weight excluding hydrogens is 612 g/mol. The van der Waals surface area contributed by atoms with Crippen molar-refractivity contribution in [2.75, 3.05) is 27.4 Å². The van der Waals surface area contributed by atoms with E-state index in [4.69, 9.17) is 14.2 Å². The molecule has 0 aliphatic rings. The Kier molecular flexibility index (Phi) is 13.5. The molecule has 3 amide bonds. The van der Waals surface area contributed by atoms with Crippen LogP contribution < -0.4 is 16.0 Å². The summed E-state index contributed by atoms with van der Waals surface area (Å²) in [6.07, 6.45) is 1.48. The number of benzene rings is 2. The van der Waals surface area contributed by atoms with Crippen LogP contribution in [0.5, 0.6) is 0 Å². The summed E-state index contributed by atoms with van der Waals surface area (Å²) in [4.78, 5) is 71.0. The number of amides is 3. The molecule has 3 rings (SSSR count). The first-order valence-corrected chi connectivity index (χ1v) is 15.4. The number of ketones is 1. The lowest BCUT2D eigenvalue weighted by molar-refractivity contribution is -0.160. The van der Waals surface area contributed by atoms with E-state index in [9.17, 15) is 24.0 Å². The van der Waals surface area contributed by atoms with E-state index in [1.807, 2.05) is 24.3 Å². The molecule has 0 aliphatic carbocycles. The van der Waals surface area contributed by atoms with Gasteiger partial charge in [-0.1, -0.05) is 60.7 Å². The number of ether oxygens (including phenoxy) is 3. The third kappa shape index (κ3) is 10.3. The van der Waals surface area contributed by atoms with Crippen LogP contribution in [0.3, 0.4) is 0 Å². The van der Waals surface area contributed by atoms with Crippen LogP contribution in [0.25, 0.3) is 0 Å². The van der Waals surface area contributed by atoms with Gasteiger partial charge in [0.05, 0.1) is 30.5 Å². The standard InChI is InChI=1S/C33H40N4O8S/c1-21-34-17-27(46-21)31(41)37-26(20-44-5)30(40)36-25(19-43-4)29(39)35-24(16-22-12-8-6-9-13-22)28(38)33(2,3)32(42)45-18-23-14-10-7-11-15-23/h6-15,17,24-26H,16,18-20H2,1-5H3,(H,35,39)(H,36,40)(H,37,41)/t24-,25-,26-/m0/s1. The topological polar surface area (TPSA) is 162 Å². The lowest BCUT2D eigenvalue weighted by atomic mass is 9.82. The fourth-order valence-corrected chi connectivity index (χ4v) is 5.12. The number of esters is 1. The summed E-state index contributed by atoms with van der Waals surface area (Å²) in [5.74, 6) is -3.27. The summed E-state index contributed by atoms with van der Waals surface area (Å²) >= 11 is 1.17. The van der Waals surface area contributed by atoms with Gasteiger partial charge in [-0.15, -0.1) is 11.3 Å². The Hall–Kier alpha value is -4.46. The van der Waals surface area contributed by atoms with Crippen molar-refractivity contribution in [2.45, 2.75) is 51.9 Å². The molecule has 12 nitrogen and oxygen atoms in total. The lowest BCUT2D eigenvalue weighted by Gasteiger charge is -2.29. The molecule has 2 aromatic carbocycles. The van der Waals surface area contributed by atoms with Gasteiger partial charge in [-0.3, -0.25) is 24.0 Å². The predicted octanol–water partition coefficient (Wildman–Crippen LogP) is 2.39. The Morgan fingerprint density at radius 3 is 1.83 bits per heavy atom. The van der Waals surface area contributed by atoms with Crippen LogP contribution >= 0.6 is 11.3 Å². The minimum atomic E-state index is -1.62. The van der Waals surface area contributed by atoms with Crippen LogP contribution in [-0.2, 0) is 46.4 Å². The second-order valence-electron chi connectivity index (χ2n) is 11.0. The summed E-state index contributed by atoms with van der Waals surface area (Å²) in [5.41, 5.74) is -0.121. The molecule has 246 valence electrons. The second-order valence-corrected chi connectivity index (χ2v) is 12.3. The molecular formula is C33H40N4O8S. The van der Waals surface area contributed by atoms with Gasteiger partial charge in [0.1, 0.15) is 29.0 Å². The highest BCUT2D eigenvalue weighted by atomic mass is 32.1. The molecule has 0 fully saturated rings. The minimum absolute atomic E-state index is 0.0180. The average molecular weight is 653 g/mol. The van der Waals surface area contributed by atoms with Gasteiger partial charge in [0, 0.05) is 14.2 Å². The fraction of sp³-hybridized carbons (Fsp3) is 0.394. The molecule has 0 saturated carbocycles. The maximum absolute atomic E-state index is 13.9. The summed E-state index contributed by atoms with van der Waals surface area (Å²) in [7, 11) is 2.72. The quantitative estimate of drug-likeness (QED) is 0.147. The summed E-state index contributed by atoms with van der Waals surface area (Å²) in [6.45, 7) is 4.21. The highest BCUT2D eigenvalue weighted by Gasteiger charge is 2.43. The number of nitrogens with one attached hydrogen (secondary N) is 3. The van der Waals surface area contributed by atoms with Gasteiger partial charge >= 0.3 is 5.97 Å². The second kappa shape index (κ2) is 17.3. The first-order valence-electron chi connectivity index (χ1n) is 14.6. The van der Waals surface area contributed by atoms with Gasteiger partial charge in [-0.05, 0) is 38.3 Å². The molecule has 0 unspecified atom stereocenters. The Labute approximate surface area is 272 Å². The molecule has 3 atom stereocenters. The molecule has 0 spiro atoms. The zero-order valence-corrected chi connectivity index (χ0v) is 27.3. The number of hydrogen-bond donors (Lipinski definition) is 3. The normalized spacial score (nSPS) is 13.2. The smallest absolute Gasteiger partial charge is 0.319 e. The molecule has 1 heterocycles. The van der Waals surface area contributed by atoms with Gasteiger partial charge < -0.3 is 30.2 Å². The summed E-state index contributed by atoms with van der Waals surface area (Å²) in [5, 5.41) is 8.58. The highest BCUT2D eigenvalue weighted by molar-refractivity contribution is 7.13. The SMILES string of the molecule is COC[C@H](NC(=O)c1cnc(C)s1)C(=O)N[C@@H](COC)C(=O)N[C@@H](Cc1ccccc1)C(=O)C(C)(C)C(=O)OCc1ccccc1. The lowest BCUT2D eigenvalue weighted by Crippen LogP contribution is -2.59. The molecule has 46 heavy (non-hydrogen) atoms. The van der Waals surface area contributed by atoms with Gasteiger partial charge in [0.15, 0.2) is 5.78 Å². The van der Waals surface area contributed by atoms with Gasteiger partial charge in [-0.2, -0.15) is 0 Å². The molecule has 0 saturated heterocycles. The number of carbonyl (C=O) groups is 5. The van der Waals surface area contributed by atoms with Crippen molar-refractivity contribution >= 4 is 40.8 Å². The number of hydrogen-bond acceptors (Lipinski definition) is 10. The van der Waals surface area contributed by atoms with Crippen molar-refractivity contribution < 1.29 is 38.2 Å². The molecule has 0 bridgehead atoms. The van der Waals surface area contributed by atoms with E-state index in [1.54, 1.807) is 43.3 Å². The molecule has 3 aromatic rings. The van der Waals surface area contributed by atoms with E-state index >= 15 is 0 Å². The van der Waals surface area contributed by atoms with Crippen LogP contribution in [-0.4, -0.2) is 80.0 Å². The molecule has 1 aromatic heterocycles. The minimum Gasteiger partial charge on any atom is -0.460 e. The van der Waals surface area contributed by atoms with E-state index in [2.05, 4.69) is 20.9 Å². The number of thiazole rings is 1. The van der Waals surface area contributed by atoms with Crippen molar-refractivity contribution in [1.29, 1.82) is 0 Å². The van der Waals surface area contributed by atoms with E-state index in [-0.39, 0.29) is 26.2 Å². The van der Waals surface area contributed by atoms with Gasteiger partial charge in [-0.25, -0.2) is 4.98 Å². The van der Waals surface area contributed by atoms with Crippen molar-refractivity contribution in [2.24, 2.45) is 5.41 Å². The Morgan fingerprint density at radius 2 is 1.30 bits per heavy atom. The summed E-state index contributed by atoms with van der Waals surface area (Å²) < 4.78 is 15.8. The predicted molar refractivity (Wildman–Crippen MR) is 171 cm³/mol. The third-order valence-electron chi connectivity index (χ3n) is 7.02. The first-order chi connectivity index (χ1) is 22.0.